The molecule has 2 aromatic rings. The summed E-state index contributed by atoms with van der Waals surface area (Å²) in [6, 6.07) is 17.7. The van der Waals surface area contributed by atoms with Crippen LogP contribution in [0.1, 0.15) is 30.0 Å². The Kier molecular flexibility index (Phi) is 4.97. The molecule has 0 bridgehead atoms. The van der Waals surface area contributed by atoms with Crippen LogP contribution in [0, 0.1) is 11.3 Å². The van der Waals surface area contributed by atoms with E-state index in [1.807, 2.05) is 54.6 Å². The minimum Gasteiger partial charge on any atom is -0.494 e. The van der Waals surface area contributed by atoms with Crippen LogP contribution in [0.15, 0.2) is 48.5 Å². The first-order valence-corrected chi connectivity index (χ1v) is 6.73. The fourth-order valence-corrected chi connectivity index (χ4v) is 1.83. The fourth-order valence-electron chi connectivity index (χ4n) is 1.83. The summed E-state index contributed by atoms with van der Waals surface area (Å²) in [5.74, 6) is 0.889. The van der Waals surface area contributed by atoms with Crippen molar-refractivity contribution in [1.82, 2.24) is 0 Å². The monoisotopic (exact) mass is 263 g/mol. The molecule has 0 radical (unpaired) electrons. The molecule has 0 unspecified atom stereocenters. The molecular formula is C18H17NO. The lowest BCUT2D eigenvalue weighted by atomic mass is 10.1. The number of ether oxygens (including phenoxy) is 1. The predicted molar refractivity (Wildman–Crippen MR) is 82.3 cm³/mol. The Hall–Kier alpha value is -2.53. The minimum absolute atomic E-state index is 0.673. The van der Waals surface area contributed by atoms with Gasteiger partial charge >= 0.3 is 0 Å². The summed E-state index contributed by atoms with van der Waals surface area (Å²) in [7, 11) is 0. The highest BCUT2D eigenvalue weighted by molar-refractivity contribution is 5.70. The third-order valence-corrected chi connectivity index (χ3v) is 2.81. The maximum Gasteiger partial charge on any atom is 0.119 e. The Morgan fingerprint density at radius 3 is 2.45 bits per heavy atom. The first kappa shape index (κ1) is 13.9. The first-order chi connectivity index (χ1) is 9.81. The van der Waals surface area contributed by atoms with Crippen LogP contribution in [0.4, 0.5) is 0 Å². The Bertz CT molecular complexity index is 638. The van der Waals surface area contributed by atoms with E-state index in [4.69, 9.17) is 10.00 Å². The van der Waals surface area contributed by atoms with E-state index in [1.54, 1.807) is 6.07 Å². The smallest absolute Gasteiger partial charge is 0.119 e. The largest absolute Gasteiger partial charge is 0.494 e. The van der Waals surface area contributed by atoms with Crippen LogP contribution < -0.4 is 4.74 Å². The molecule has 0 aromatic heterocycles. The third kappa shape index (κ3) is 4.00. The molecule has 0 amide bonds. The molecule has 20 heavy (non-hydrogen) atoms. The van der Waals surface area contributed by atoms with Gasteiger partial charge in [0.1, 0.15) is 5.75 Å². The van der Waals surface area contributed by atoms with Gasteiger partial charge in [0.25, 0.3) is 0 Å². The standard InChI is InChI=1S/C18H17NO/c1-2-11-20-18-8-4-6-16(13-18)10-9-15-5-3-7-17(12-15)14-19/h3-10,12-13H,2,11H2,1H3/b10-9+. The van der Waals surface area contributed by atoms with Crippen LogP contribution in [0.2, 0.25) is 0 Å². The Morgan fingerprint density at radius 2 is 1.75 bits per heavy atom. The molecule has 2 aromatic carbocycles. The summed E-state index contributed by atoms with van der Waals surface area (Å²) < 4.78 is 5.61. The van der Waals surface area contributed by atoms with E-state index in [-0.39, 0.29) is 0 Å². The van der Waals surface area contributed by atoms with Gasteiger partial charge in [-0.1, -0.05) is 43.3 Å². The van der Waals surface area contributed by atoms with Crippen LogP contribution in [0.3, 0.4) is 0 Å². The van der Waals surface area contributed by atoms with Gasteiger partial charge < -0.3 is 4.74 Å². The molecule has 0 spiro atoms. The number of benzene rings is 2. The molecule has 0 fully saturated rings. The summed E-state index contributed by atoms with van der Waals surface area (Å²) in [5, 5.41) is 8.88. The van der Waals surface area contributed by atoms with Gasteiger partial charge in [-0.25, -0.2) is 0 Å². The number of hydrogen-bond donors (Lipinski definition) is 0. The second-order valence-corrected chi connectivity index (χ2v) is 4.49. The Balaban J connectivity index is 2.12. The van der Waals surface area contributed by atoms with Gasteiger partial charge in [0.15, 0.2) is 0 Å². The maximum atomic E-state index is 8.88. The highest BCUT2D eigenvalue weighted by Crippen LogP contribution is 2.16. The SMILES string of the molecule is CCCOc1cccc(/C=C/c2cccc(C#N)c2)c1. The van der Waals surface area contributed by atoms with Crippen molar-refractivity contribution in [1.29, 1.82) is 5.26 Å². The highest BCUT2D eigenvalue weighted by atomic mass is 16.5. The van der Waals surface area contributed by atoms with Gasteiger partial charge in [-0.05, 0) is 41.8 Å². The Labute approximate surface area is 119 Å². The number of rotatable bonds is 5. The molecule has 0 N–H and O–H groups in total. The minimum atomic E-state index is 0.673. The van der Waals surface area contributed by atoms with Crippen molar-refractivity contribution in [2.45, 2.75) is 13.3 Å². The summed E-state index contributed by atoms with van der Waals surface area (Å²) in [6.07, 6.45) is 5.02. The van der Waals surface area contributed by atoms with Gasteiger partial charge in [0.2, 0.25) is 0 Å². The third-order valence-electron chi connectivity index (χ3n) is 2.81. The van der Waals surface area contributed by atoms with Crippen molar-refractivity contribution >= 4 is 12.2 Å². The second kappa shape index (κ2) is 7.16. The lowest BCUT2D eigenvalue weighted by Gasteiger charge is -2.04. The van der Waals surface area contributed by atoms with Crippen LogP contribution in [-0.2, 0) is 0 Å². The zero-order valence-electron chi connectivity index (χ0n) is 11.5. The topological polar surface area (TPSA) is 33.0 Å². The molecule has 0 saturated carbocycles. The predicted octanol–water partition coefficient (Wildman–Crippen LogP) is 4.52. The molecule has 2 heteroatoms. The van der Waals surface area contributed by atoms with Gasteiger partial charge in [-0.2, -0.15) is 5.26 Å². The average molecular weight is 263 g/mol. The molecule has 0 saturated heterocycles. The zero-order valence-corrected chi connectivity index (χ0v) is 11.5. The highest BCUT2D eigenvalue weighted by Gasteiger charge is 1.95. The summed E-state index contributed by atoms with van der Waals surface area (Å²) >= 11 is 0. The molecule has 2 nitrogen and oxygen atoms in total. The molecule has 0 aliphatic carbocycles. The van der Waals surface area contributed by atoms with Crippen LogP contribution in [0.5, 0.6) is 5.75 Å². The lowest BCUT2D eigenvalue weighted by Crippen LogP contribution is -1.94. The number of nitriles is 1. The van der Waals surface area contributed by atoms with Gasteiger partial charge in [0, 0.05) is 0 Å². The van der Waals surface area contributed by atoms with Crippen molar-refractivity contribution < 1.29 is 4.74 Å². The fraction of sp³-hybridized carbons (Fsp3) is 0.167. The quantitative estimate of drug-likeness (QED) is 0.743. The average Bonchev–Trinajstić information content (AvgIpc) is 2.51. The van der Waals surface area contributed by atoms with Gasteiger partial charge in [0.05, 0.1) is 18.2 Å². The van der Waals surface area contributed by atoms with E-state index in [0.29, 0.717) is 5.56 Å². The molecule has 0 aliphatic heterocycles. The molecule has 100 valence electrons. The van der Waals surface area contributed by atoms with Crippen molar-refractivity contribution in [3.05, 3.63) is 65.2 Å². The Morgan fingerprint density at radius 1 is 1.05 bits per heavy atom. The van der Waals surface area contributed by atoms with Crippen LogP contribution in [0.25, 0.3) is 12.2 Å². The van der Waals surface area contributed by atoms with E-state index in [2.05, 4.69) is 13.0 Å². The van der Waals surface area contributed by atoms with Crippen molar-refractivity contribution in [2.75, 3.05) is 6.61 Å². The van der Waals surface area contributed by atoms with Crippen LogP contribution in [-0.4, -0.2) is 6.61 Å². The van der Waals surface area contributed by atoms with E-state index in [1.165, 1.54) is 0 Å². The molecule has 0 atom stereocenters. The van der Waals surface area contributed by atoms with Crippen molar-refractivity contribution in [3.63, 3.8) is 0 Å². The molecule has 0 heterocycles. The maximum absolute atomic E-state index is 8.88. The summed E-state index contributed by atoms with van der Waals surface area (Å²) in [4.78, 5) is 0. The van der Waals surface area contributed by atoms with E-state index in [0.717, 1.165) is 29.9 Å². The van der Waals surface area contributed by atoms with E-state index < -0.39 is 0 Å². The van der Waals surface area contributed by atoms with Gasteiger partial charge in [-0.3, -0.25) is 0 Å². The van der Waals surface area contributed by atoms with E-state index >= 15 is 0 Å². The zero-order chi connectivity index (χ0) is 14.2. The van der Waals surface area contributed by atoms with Crippen molar-refractivity contribution in [2.24, 2.45) is 0 Å². The van der Waals surface area contributed by atoms with Gasteiger partial charge in [-0.15, -0.1) is 0 Å². The lowest BCUT2D eigenvalue weighted by molar-refractivity contribution is 0.317. The van der Waals surface area contributed by atoms with Crippen LogP contribution >= 0.6 is 0 Å². The number of nitrogens with zero attached hydrogens (tertiary/aromatic N) is 1. The molecule has 2 rings (SSSR count). The first-order valence-electron chi connectivity index (χ1n) is 6.73. The molecular weight excluding hydrogens is 246 g/mol. The normalized spacial score (nSPS) is 10.4. The summed E-state index contributed by atoms with van der Waals surface area (Å²) in [6.45, 7) is 2.82. The summed E-state index contributed by atoms with van der Waals surface area (Å²) in [5.41, 5.74) is 2.78. The van der Waals surface area contributed by atoms with Crippen molar-refractivity contribution in [3.8, 4) is 11.8 Å². The number of hydrogen-bond acceptors (Lipinski definition) is 2. The second-order valence-electron chi connectivity index (χ2n) is 4.49. The van der Waals surface area contributed by atoms with E-state index in [9.17, 15) is 0 Å². The molecule has 0 aliphatic rings.